The number of aliphatic hydroxyl groups is 2. The first kappa shape index (κ1) is 44.8. The molecule has 8 nitrogen and oxygen atoms in total. The van der Waals surface area contributed by atoms with Crippen molar-refractivity contribution in [3.8, 4) is 0 Å². The molecule has 3 atom stereocenters. The smallest absolute Gasteiger partial charge is 0.249 e. The summed E-state index contributed by atoms with van der Waals surface area (Å²) in [7, 11) is 0. The molecule has 0 saturated carbocycles. The molecule has 0 aromatic rings. The van der Waals surface area contributed by atoms with Crippen LogP contribution >= 0.6 is 11.2 Å². The lowest BCUT2D eigenvalue weighted by atomic mass is 10.0. The Kier molecular flexibility index (Phi) is 30.3. The van der Waals surface area contributed by atoms with Crippen LogP contribution in [0.25, 0.3) is 0 Å². The van der Waals surface area contributed by atoms with Crippen LogP contribution in [-0.4, -0.2) is 54.6 Å². The number of hydrogen-bond acceptors (Lipinski definition) is 7. The van der Waals surface area contributed by atoms with Crippen LogP contribution in [0.3, 0.4) is 0 Å². The summed E-state index contributed by atoms with van der Waals surface area (Å²) in [6.07, 6.45) is 33.6. The molecule has 0 aliphatic heterocycles. The van der Waals surface area contributed by atoms with E-state index in [1.54, 1.807) is 6.08 Å². The summed E-state index contributed by atoms with van der Waals surface area (Å²) in [6, 6.07) is -1.08. The van der Waals surface area contributed by atoms with E-state index in [-0.39, 0.29) is 0 Å². The summed E-state index contributed by atoms with van der Waals surface area (Å²) >= 11 is -4.26. The maximum atomic E-state index is 12.6. The van der Waals surface area contributed by atoms with Crippen molar-refractivity contribution in [1.29, 1.82) is 0 Å². The molecular formula is C37H71NO7S. The SMILES string of the molecule is CCCCCCC/C=C/C(C)=C/CC/C=C/[C@@H](O)[C@H](COS(O)(O)O)NC(=O)[C@H](O)CCCCCCCCCCCCCCCC. The Morgan fingerprint density at radius 3 is 1.72 bits per heavy atom. The predicted octanol–water partition coefficient (Wildman–Crippen LogP) is 10.4. The highest BCUT2D eigenvalue weighted by Gasteiger charge is 2.26. The molecule has 6 N–H and O–H groups in total. The van der Waals surface area contributed by atoms with Crippen molar-refractivity contribution in [2.24, 2.45) is 0 Å². The lowest BCUT2D eigenvalue weighted by Crippen LogP contribution is -2.49. The highest BCUT2D eigenvalue weighted by atomic mass is 32.3. The van der Waals surface area contributed by atoms with Crippen molar-refractivity contribution in [3.05, 3.63) is 36.0 Å². The summed E-state index contributed by atoms with van der Waals surface area (Å²) in [5.74, 6) is -0.666. The minimum atomic E-state index is -4.26. The van der Waals surface area contributed by atoms with Gasteiger partial charge >= 0.3 is 0 Å². The van der Waals surface area contributed by atoms with Crippen LogP contribution in [-0.2, 0) is 8.98 Å². The van der Waals surface area contributed by atoms with E-state index < -0.39 is 41.9 Å². The van der Waals surface area contributed by atoms with E-state index in [1.165, 1.54) is 108 Å². The van der Waals surface area contributed by atoms with Gasteiger partial charge in [0.15, 0.2) is 0 Å². The number of rotatable bonds is 32. The molecule has 0 aromatic carbocycles. The molecule has 0 heterocycles. The minimum absolute atomic E-state index is 0.303. The number of hydrogen-bond donors (Lipinski definition) is 6. The zero-order valence-electron chi connectivity index (χ0n) is 29.6. The van der Waals surface area contributed by atoms with E-state index in [2.05, 4.69) is 48.5 Å². The van der Waals surface area contributed by atoms with Gasteiger partial charge in [-0.05, 0) is 39.0 Å². The van der Waals surface area contributed by atoms with Crippen LogP contribution < -0.4 is 5.32 Å². The molecule has 0 aliphatic carbocycles. The number of nitrogens with one attached hydrogen (secondary N) is 1. The lowest BCUT2D eigenvalue weighted by Gasteiger charge is -2.26. The van der Waals surface area contributed by atoms with Gasteiger partial charge in [-0.1, -0.05) is 165 Å². The second-order valence-electron chi connectivity index (χ2n) is 12.8. The van der Waals surface area contributed by atoms with Gasteiger partial charge in [0, 0.05) is 0 Å². The molecule has 0 aliphatic rings. The molecule has 272 valence electrons. The number of amides is 1. The summed E-state index contributed by atoms with van der Waals surface area (Å²) < 4.78 is 32.3. The van der Waals surface area contributed by atoms with E-state index in [9.17, 15) is 28.7 Å². The Balaban J connectivity index is 4.37. The summed E-state index contributed by atoms with van der Waals surface area (Å²) in [4.78, 5) is 12.6. The van der Waals surface area contributed by atoms with Gasteiger partial charge in [-0.25, -0.2) is 0 Å². The average molecular weight is 674 g/mol. The zero-order chi connectivity index (χ0) is 34.3. The average Bonchev–Trinajstić information content (AvgIpc) is 3.01. The standard InChI is InChI=1S/C37H71NO7S/c1-4-6-8-10-12-13-14-15-16-17-18-20-22-26-31-36(40)37(41)38-34(32-45-46(42,43)44)35(39)30-27-23-25-29-33(3)28-24-21-19-11-9-7-5-2/h24,27-30,34-36,39-40,42-44H,4-23,25-26,31-32H2,1-3H3,(H,38,41)/b28-24+,30-27+,33-29+/t34-,35+,36+/m0/s1. The molecule has 1 amide bonds. The van der Waals surface area contributed by atoms with Crippen LogP contribution in [0.2, 0.25) is 0 Å². The second-order valence-corrected chi connectivity index (χ2v) is 14.0. The molecule has 0 bridgehead atoms. The molecule has 0 rings (SSSR count). The first-order chi connectivity index (χ1) is 22.1. The van der Waals surface area contributed by atoms with E-state index in [4.69, 9.17) is 0 Å². The van der Waals surface area contributed by atoms with Gasteiger partial charge < -0.3 is 15.5 Å². The fourth-order valence-corrected chi connectivity index (χ4v) is 5.64. The Bertz CT molecular complexity index is 797. The number of carbonyl (C=O) groups excluding carboxylic acids is 1. The van der Waals surface area contributed by atoms with Gasteiger partial charge in [-0.15, -0.1) is 0 Å². The van der Waals surface area contributed by atoms with E-state index in [1.807, 2.05) is 0 Å². The van der Waals surface area contributed by atoms with Gasteiger partial charge in [0.2, 0.25) is 17.1 Å². The van der Waals surface area contributed by atoms with Crippen molar-refractivity contribution in [1.82, 2.24) is 5.32 Å². The van der Waals surface area contributed by atoms with Crippen LogP contribution in [0.5, 0.6) is 0 Å². The van der Waals surface area contributed by atoms with E-state index in [0.29, 0.717) is 19.3 Å². The number of unbranched alkanes of at least 4 members (excludes halogenated alkanes) is 19. The van der Waals surface area contributed by atoms with Crippen molar-refractivity contribution < 1.29 is 32.8 Å². The third-order valence-corrected chi connectivity index (χ3v) is 8.72. The topological polar surface area (TPSA) is 139 Å². The highest BCUT2D eigenvalue weighted by Crippen LogP contribution is 2.34. The first-order valence-electron chi connectivity index (χ1n) is 18.4. The third-order valence-electron chi connectivity index (χ3n) is 8.27. The molecule has 0 radical (unpaired) electrons. The quantitative estimate of drug-likeness (QED) is 0.0237. The van der Waals surface area contributed by atoms with Crippen molar-refractivity contribution >= 4 is 17.1 Å². The maximum absolute atomic E-state index is 12.6. The third kappa shape index (κ3) is 30.2. The van der Waals surface area contributed by atoms with Crippen LogP contribution in [0.15, 0.2) is 36.0 Å². The fourth-order valence-electron chi connectivity index (χ4n) is 5.31. The summed E-state index contributed by atoms with van der Waals surface area (Å²) in [5, 5.41) is 23.6. The lowest BCUT2D eigenvalue weighted by molar-refractivity contribution is -0.131. The monoisotopic (exact) mass is 673 g/mol. The molecule has 0 aromatic heterocycles. The number of carbonyl (C=O) groups is 1. The summed E-state index contributed by atoms with van der Waals surface area (Å²) in [6.45, 7) is 5.99. The predicted molar refractivity (Wildman–Crippen MR) is 195 cm³/mol. The number of allylic oxidation sites excluding steroid dienone is 5. The van der Waals surface area contributed by atoms with Gasteiger partial charge in [0.1, 0.15) is 6.10 Å². The molecule has 0 unspecified atom stereocenters. The second kappa shape index (κ2) is 31.1. The Hall–Kier alpha value is -1.20. The molecule has 9 heteroatoms. The van der Waals surface area contributed by atoms with Crippen molar-refractivity contribution in [2.45, 2.75) is 187 Å². The first-order valence-corrected chi connectivity index (χ1v) is 19.8. The summed E-state index contributed by atoms with van der Waals surface area (Å²) in [5.41, 5.74) is 1.18. The van der Waals surface area contributed by atoms with E-state index in [0.717, 1.165) is 32.1 Å². The molecule has 0 spiro atoms. The molecule has 0 saturated heterocycles. The maximum Gasteiger partial charge on any atom is 0.249 e. The van der Waals surface area contributed by atoms with Crippen LogP contribution in [0.1, 0.15) is 168 Å². The van der Waals surface area contributed by atoms with Gasteiger partial charge in [-0.3, -0.25) is 22.6 Å². The minimum Gasteiger partial charge on any atom is -0.387 e. The highest BCUT2D eigenvalue weighted by molar-refractivity contribution is 8.15. The molecular weight excluding hydrogens is 602 g/mol. The van der Waals surface area contributed by atoms with Crippen LogP contribution in [0, 0.1) is 0 Å². The largest absolute Gasteiger partial charge is 0.387 e. The van der Waals surface area contributed by atoms with Crippen LogP contribution in [0.4, 0.5) is 0 Å². The number of aliphatic hydroxyl groups excluding tert-OH is 2. The Labute approximate surface area is 283 Å². The van der Waals surface area contributed by atoms with Crippen molar-refractivity contribution in [3.63, 3.8) is 0 Å². The van der Waals surface area contributed by atoms with E-state index >= 15 is 0 Å². The van der Waals surface area contributed by atoms with Crippen molar-refractivity contribution in [2.75, 3.05) is 6.61 Å². The van der Waals surface area contributed by atoms with Gasteiger partial charge in [-0.2, -0.15) is 0 Å². The van der Waals surface area contributed by atoms with Gasteiger partial charge in [0.25, 0.3) is 0 Å². The molecule has 46 heavy (non-hydrogen) atoms. The zero-order valence-corrected chi connectivity index (χ0v) is 30.4. The Morgan fingerprint density at radius 2 is 1.20 bits per heavy atom. The molecule has 0 fully saturated rings. The normalized spacial score (nSPS) is 15.1. The fraction of sp³-hybridized carbons (Fsp3) is 0.811. The van der Waals surface area contributed by atoms with Gasteiger partial charge in [0.05, 0.1) is 18.8 Å². The Morgan fingerprint density at radius 1 is 0.696 bits per heavy atom.